The highest BCUT2D eigenvalue weighted by molar-refractivity contribution is 9.11. The molecule has 0 saturated carbocycles. The van der Waals surface area contributed by atoms with Crippen LogP contribution in [-0.2, 0) is 13.5 Å². The smallest absolute Gasteiger partial charge is 0.0732 e. The number of nitrogens with two attached hydrogens (primary N) is 1. The molecule has 0 aliphatic rings. The van der Waals surface area contributed by atoms with Crippen molar-refractivity contribution >= 4 is 31.9 Å². The Morgan fingerprint density at radius 1 is 1.44 bits per heavy atom. The predicted molar refractivity (Wildman–Crippen MR) is 76.6 cm³/mol. The molecule has 1 unspecified atom stereocenters. The Morgan fingerprint density at radius 2 is 2.22 bits per heavy atom. The molecular formula is C11H13Br2N5. The molecular weight excluding hydrogens is 362 g/mol. The summed E-state index contributed by atoms with van der Waals surface area (Å²) >= 11 is 6.88. The van der Waals surface area contributed by atoms with Crippen molar-refractivity contribution in [1.82, 2.24) is 20.2 Å². The van der Waals surface area contributed by atoms with Crippen molar-refractivity contribution in [2.75, 3.05) is 0 Å². The second-order valence-electron chi connectivity index (χ2n) is 3.97. The van der Waals surface area contributed by atoms with Crippen molar-refractivity contribution in [3.63, 3.8) is 0 Å². The Labute approximate surface area is 122 Å². The van der Waals surface area contributed by atoms with Gasteiger partial charge in [0, 0.05) is 28.4 Å². The molecule has 96 valence electrons. The van der Waals surface area contributed by atoms with Crippen LogP contribution >= 0.6 is 31.9 Å². The molecule has 0 fully saturated rings. The Bertz CT molecular complexity index is 540. The summed E-state index contributed by atoms with van der Waals surface area (Å²) in [5.74, 6) is 5.62. The molecule has 5 nitrogen and oxygen atoms in total. The highest BCUT2D eigenvalue weighted by Crippen LogP contribution is 2.26. The minimum Gasteiger partial charge on any atom is -0.276 e. The van der Waals surface area contributed by atoms with Gasteiger partial charge in [-0.2, -0.15) is 5.10 Å². The normalized spacial score (nSPS) is 12.7. The van der Waals surface area contributed by atoms with Crippen LogP contribution in [0, 0.1) is 0 Å². The van der Waals surface area contributed by atoms with Gasteiger partial charge in [-0.3, -0.25) is 20.9 Å². The lowest BCUT2D eigenvalue weighted by Gasteiger charge is -2.16. The van der Waals surface area contributed by atoms with Gasteiger partial charge >= 0.3 is 0 Å². The zero-order chi connectivity index (χ0) is 13.1. The zero-order valence-corrected chi connectivity index (χ0v) is 12.9. The van der Waals surface area contributed by atoms with E-state index in [-0.39, 0.29) is 6.04 Å². The first-order valence-corrected chi connectivity index (χ1v) is 6.93. The quantitative estimate of drug-likeness (QED) is 0.635. The fourth-order valence-corrected chi connectivity index (χ4v) is 2.99. The number of aryl methyl sites for hydroxylation is 1. The number of aromatic nitrogens is 3. The summed E-state index contributed by atoms with van der Waals surface area (Å²) in [5, 5.41) is 4.14. The van der Waals surface area contributed by atoms with E-state index >= 15 is 0 Å². The standard InChI is InChI=1S/C11H13Br2N5/c1-18-6-7(4-16-18)2-10(17-14)11-9(13)3-8(12)5-15-11/h3-6,10,17H,2,14H2,1H3. The summed E-state index contributed by atoms with van der Waals surface area (Å²) in [6.07, 6.45) is 6.29. The first kappa shape index (κ1) is 13.7. The molecule has 0 aliphatic heterocycles. The maximum atomic E-state index is 5.62. The van der Waals surface area contributed by atoms with E-state index in [9.17, 15) is 0 Å². The lowest BCUT2D eigenvalue weighted by molar-refractivity contribution is 0.535. The molecule has 7 heteroatoms. The van der Waals surface area contributed by atoms with Gasteiger partial charge in [-0.05, 0) is 49.9 Å². The van der Waals surface area contributed by atoms with Crippen LogP contribution in [0.15, 0.2) is 33.6 Å². The van der Waals surface area contributed by atoms with Crippen molar-refractivity contribution in [2.45, 2.75) is 12.5 Å². The molecule has 0 bridgehead atoms. The predicted octanol–water partition coefficient (Wildman–Crippen LogP) is 2.09. The van der Waals surface area contributed by atoms with Crippen LogP contribution in [0.5, 0.6) is 0 Å². The molecule has 0 saturated heterocycles. The molecule has 0 radical (unpaired) electrons. The highest BCUT2D eigenvalue weighted by Gasteiger charge is 2.16. The Balaban J connectivity index is 2.22. The van der Waals surface area contributed by atoms with Gasteiger partial charge in [-0.25, -0.2) is 0 Å². The molecule has 0 aliphatic carbocycles. The number of hydrogen-bond donors (Lipinski definition) is 2. The van der Waals surface area contributed by atoms with Crippen molar-refractivity contribution < 1.29 is 0 Å². The van der Waals surface area contributed by atoms with Crippen LogP contribution < -0.4 is 11.3 Å². The minimum atomic E-state index is -0.0586. The summed E-state index contributed by atoms with van der Waals surface area (Å²) in [4.78, 5) is 4.39. The fraction of sp³-hybridized carbons (Fsp3) is 0.273. The molecule has 0 spiro atoms. The van der Waals surface area contributed by atoms with Crippen LogP contribution in [-0.4, -0.2) is 14.8 Å². The van der Waals surface area contributed by atoms with Crippen LogP contribution in [0.4, 0.5) is 0 Å². The maximum absolute atomic E-state index is 5.62. The maximum Gasteiger partial charge on any atom is 0.0732 e. The van der Waals surface area contributed by atoms with E-state index in [0.717, 1.165) is 26.6 Å². The third kappa shape index (κ3) is 3.17. The van der Waals surface area contributed by atoms with E-state index in [0.29, 0.717) is 0 Å². The molecule has 2 aromatic rings. The molecule has 0 aromatic carbocycles. The SMILES string of the molecule is Cn1cc(CC(NN)c2ncc(Br)cc2Br)cn1. The van der Waals surface area contributed by atoms with Crippen LogP contribution in [0.1, 0.15) is 17.3 Å². The summed E-state index contributed by atoms with van der Waals surface area (Å²) in [7, 11) is 1.89. The van der Waals surface area contributed by atoms with E-state index in [4.69, 9.17) is 5.84 Å². The number of pyridine rings is 1. The molecule has 3 N–H and O–H groups in total. The van der Waals surface area contributed by atoms with Crippen molar-refractivity contribution in [3.05, 3.63) is 44.9 Å². The van der Waals surface area contributed by atoms with Gasteiger partial charge in [0.2, 0.25) is 0 Å². The molecule has 2 heterocycles. The van der Waals surface area contributed by atoms with Crippen LogP contribution in [0.2, 0.25) is 0 Å². The third-order valence-electron chi connectivity index (χ3n) is 2.57. The number of halogens is 2. The molecule has 2 aromatic heterocycles. The summed E-state index contributed by atoms with van der Waals surface area (Å²) < 4.78 is 3.62. The van der Waals surface area contributed by atoms with E-state index in [1.54, 1.807) is 10.9 Å². The van der Waals surface area contributed by atoms with Crippen molar-refractivity contribution in [1.29, 1.82) is 0 Å². The second-order valence-corrected chi connectivity index (χ2v) is 5.74. The average molecular weight is 375 g/mol. The Morgan fingerprint density at radius 3 is 2.78 bits per heavy atom. The number of nitrogens with one attached hydrogen (secondary N) is 1. The summed E-state index contributed by atoms with van der Waals surface area (Å²) in [6, 6.07) is 1.90. The van der Waals surface area contributed by atoms with E-state index in [1.807, 2.05) is 25.5 Å². The summed E-state index contributed by atoms with van der Waals surface area (Å²) in [5.41, 5.74) is 4.78. The first-order chi connectivity index (χ1) is 8.60. The Kier molecular flexibility index (Phi) is 4.50. The number of rotatable bonds is 4. The number of nitrogens with zero attached hydrogens (tertiary/aromatic N) is 3. The number of hydrogen-bond acceptors (Lipinski definition) is 4. The minimum absolute atomic E-state index is 0.0586. The van der Waals surface area contributed by atoms with Crippen LogP contribution in [0.25, 0.3) is 0 Å². The van der Waals surface area contributed by atoms with Crippen LogP contribution in [0.3, 0.4) is 0 Å². The van der Waals surface area contributed by atoms with Gasteiger partial charge < -0.3 is 0 Å². The molecule has 2 rings (SSSR count). The lowest BCUT2D eigenvalue weighted by atomic mass is 10.1. The Hall–Kier alpha value is -0.760. The van der Waals surface area contributed by atoms with Gasteiger partial charge in [0.15, 0.2) is 0 Å². The van der Waals surface area contributed by atoms with Gasteiger partial charge in [-0.1, -0.05) is 0 Å². The zero-order valence-electron chi connectivity index (χ0n) is 9.77. The van der Waals surface area contributed by atoms with E-state index in [2.05, 4.69) is 47.4 Å². The number of hydrazine groups is 1. The molecule has 0 amide bonds. The van der Waals surface area contributed by atoms with Gasteiger partial charge in [0.25, 0.3) is 0 Å². The molecule has 18 heavy (non-hydrogen) atoms. The fourth-order valence-electron chi connectivity index (χ4n) is 1.73. The second kappa shape index (κ2) is 5.92. The highest BCUT2D eigenvalue weighted by atomic mass is 79.9. The van der Waals surface area contributed by atoms with Crippen molar-refractivity contribution in [3.8, 4) is 0 Å². The topological polar surface area (TPSA) is 68.8 Å². The monoisotopic (exact) mass is 373 g/mol. The molecule has 1 atom stereocenters. The average Bonchev–Trinajstić information content (AvgIpc) is 2.72. The van der Waals surface area contributed by atoms with Gasteiger partial charge in [-0.15, -0.1) is 0 Å². The largest absolute Gasteiger partial charge is 0.276 e. The van der Waals surface area contributed by atoms with Crippen molar-refractivity contribution in [2.24, 2.45) is 12.9 Å². The third-order valence-corrected chi connectivity index (χ3v) is 3.63. The first-order valence-electron chi connectivity index (χ1n) is 5.34. The van der Waals surface area contributed by atoms with Gasteiger partial charge in [0.1, 0.15) is 0 Å². The lowest BCUT2D eigenvalue weighted by Crippen LogP contribution is -2.30. The van der Waals surface area contributed by atoms with E-state index in [1.165, 1.54) is 0 Å². The van der Waals surface area contributed by atoms with E-state index < -0.39 is 0 Å². The van der Waals surface area contributed by atoms with Gasteiger partial charge in [0.05, 0.1) is 17.9 Å². The summed E-state index contributed by atoms with van der Waals surface area (Å²) in [6.45, 7) is 0.